The van der Waals surface area contributed by atoms with Crippen molar-refractivity contribution in [2.75, 3.05) is 18.4 Å². The van der Waals surface area contributed by atoms with Crippen LogP contribution in [0.2, 0.25) is 0 Å². The summed E-state index contributed by atoms with van der Waals surface area (Å²) in [7, 11) is 0. The van der Waals surface area contributed by atoms with Crippen molar-refractivity contribution in [1.82, 2.24) is 9.88 Å². The SMILES string of the molecule is C/C=C\C(=C/C(C)N)Nc1ncc(C(=O)N2CCCC(C)C2)cc1C. The summed E-state index contributed by atoms with van der Waals surface area (Å²) in [6.45, 7) is 9.71. The van der Waals surface area contributed by atoms with Crippen LogP contribution in [-0.2, 0) is 0 Å². The van der Waals surface area contributed by atoms with Crippen molar-refractivity contribution in [2.45, 2.75) is 46.6 Å². The fourth-order valence-electron chi connectivity index (χ4n) is 3.12. The van der Waals surface area contributed by atoms with Gasteiger partial charge in [-0.1, -0.05) is 13.0 Å². The van der Waals surface area contributed by atoms with Crippen LogP contribution in [0, 0.1) is 12.8 Å². The Balaban J connectivity index is 2.15. The number of nitrogens with one attached hydrogen (secondary N) is 1. The van der Waals surface area contributed by atoms with Gasteiger partial charge in [0, 0.05) is 31.0 Å². The third-order valence-corrected chi connectivity index (χ3v) is 4.32. The van der Waals surface area contributed by atoms with E-state index in [9.17, 15) is 4.79 Å². The summed E-state index contributed by atoms with van der Waals surface area (Å²) in [6, 6.07) is 1.86. The average Bonchev–Trinajstić information content (AvgIpc) is 2.55. The fraction of sp³-hybridized carbons (Fsp3) is 0.500. The lowest BCUT2D eigenvalue weighted by Gasteiger charge is -2.31. The first-order valence-corrected chi connectivity index (χ1v) is 9.03. The van der Waals surface area contributed by atoms with E-state index in [0.29, 0.717) is 11.5 Å². The Morgan fingerprint density at radius 2 is 2.28 bits per heavy atom. The number of hydrogen-bond acceptors (Lipinski definition) is 4. The first-order chi connectivity index (χ1) is 11.9. The molecule has 3 N–H and O–H groups in total. The van der Waals surface area contributed by atoms with Crippen LogP contribution < -0.4 is 11.1 Å². The second-order valence-corrected chi connectivity index (χ2v) is 6.99. The molecule has 136 valence electrons. The minimum Gasteiger partial charge on any atom is -0.340 e. The van der Waals surface area contributed by atoms with Gasteiger partial charge in [0.15, 0.2) is 0 Å². The zero-order chi connectivity index (χ0) is 18.4. The highest BCUT2D eigenvalue weighted by Crippen LogP contribution is 2.20. The van der Waals surface area contributed by atoms with E-state index >= 15 is 0 Å². The number of pyridine rings is 1. The highest BCUT2D eigenvalue weighted by Gasteiger charge is 2.22. The Morgan fingerprint density at radius 3 is 2.88 bits per heavy atom. The normalized spacial score (nSPS) is 20.0. The number of piperidine rings is 1. The summed E-state index contributed by atoms with van der Waals surface area (Å²) in [5, 5.41) is 3.29. The molecular weight excluding hydrogens is 312 g/mol. The van der Waals surface area contributed by atoms with Gasteiger partial charge in [-0.3, -0.25) is 4.79 Å². The number of allylic oxidation sites excluding steroid dienone is 2. The van der Waals surface area contributed by atoms with Gasteiger partial charge >= 0.3 is 0 Å². The van der Waals surface area contributed by atoms with E-state index in [1.807, 2.05) is 50.0 Å². The number of likely N-dealkylation sites (tertiary alicyclic amines) is 1. The predicted molar refractivity (Wildman–Crippen MR) is 103 cm³/mol. The molecule has 0 saturated carbocycles. The van der Waals surface area contributed by atoms with Crippen LogP contribution in [0.25, 0.3) is 0 Å². The Morgan fingerprint density at radius 1 is 1.52 bits per heavy atom. The summed E-state index contributed by atoms with van der Waals surface area (Å²) >= 11 is 0. The maximum absolute atomic E-state index is 12.7. The zero-order valence-electron chi connectivity index (χ0n) is 15.7. The third-order valence-electron chi connectivity index (χ3n) is 4.32. The van der Waals surface area contributed by atoms with Crippen molar-refractivity contribution in [2.24, 2.45) is 11.7 Å². The van der Waals surface area contributed by atoms with Gasteiger partial charge in [-0.25, -0.2) is 4.98 Å². The van der Waals surface area contributed by atoms with Gasteiger partial charge < -0.3 is 16.0 Å². The number of amides is 1. The Hall–Kier alpha value is -2.14. The number of anilines is 1. The summed E-state index contributed by atoms with van der Waals surface area (Å²) in [5.74, 6) is 1.39. The maximum atomic E-state index is 12.7. The lowest BCUT2D eigenvalue weighted by atomic mass is 9.99. The molecule has 25 heavy (non-hydrogen) atoms. The highest BCUT2D eigenvalue weighted by atomic mass is 16.2. The number of hydrogen-bond donors (Lipinski definition) is 2. The molecule has 2 heterocycles. The minimum atomic E-state index is -0.0547. The molecule has 1 aliphatic heterocycles. The van der Waals surface area contributed by atoms with E-state index in [1.54, 1.807) is 6.20 Å². The zero-order valence-corrected chi connectivity index (χ0v) is 15.7. The van der Waals surface area contributed by atoms with Crippen LogP contribution in [0.5, 0.6) is 0 Å². The van der Waals surface area contributed by atoms with Gasteiger partial charge in [0.25, 0.3) is 5.91 Å². The topological polar surface area (TPSA) is 71.2 Å². The molecule has 2 unspecified atom stereocenters. The second kappa shape index (κ2) is 8.81. The predicted octanol–water partition coefficient (Wildman–Crippen LogP) is 3.48. The van der Waals surface area contributed by atoms with Crippen molar-refractivity contribution < 1.29 is 4.79 Å². The van der Waals surface area contributed by atoms with Crippen molar-refractivity contribution in [3.8, 4) is 0 Å². The maximum Gasteiger partial charge on any atom is 0.255 e. The van der Waals surface area contributed by atoms with E-state index in [1.165, 1.54) is 6.42 Å². The molecule has 1 aromatic heterocycles. The number of aromatic nitrogens is 1. The molecule has 1 fully saturated rings. The van der Waals surface area contributed by atoms with Crippen molar-refractivity contribution >= 4 is 11.7 Å². The van der Waals surface area contributed by atoms with Crippen LogP contribution in [-0.4, -0.2) is 34.9 Å². The smallest absolute Gasteiger partial charge is 0.255 e. The number of nitrogens with two attached hydrogens (primary N) is 1. The molecule has 0 bridgehead atoms. The molecular formula is C20H30N4O. The summed E-state index contributed by atoms with van der Waals surface area (Å²) in [4.78, 5) is 19.1. The molecule has 2 rings (SSSR count). The molecule has 1 aliphatic rings. The van der Waals surface area contributed by atoms with Gasteiger partial charge in [0.05, 0.1) is 5.56 Å². The number of nitrogens with zero attached hydrogens (tertiary/aromatic N) is 2. The average molecular weight is 342 g/mol. The third kappa shape index (κ3) is 5.43. The standard InChI is InChI=1S/C20H30N4O/c1-5-7-18(11-16(4)21)23-19-15(3)10-17(12-22-19)20(25)24-9-6-8-14(2)13-24/h5,7,10-12,14,16H,6,8-9,13,21H2,1-4H3,(H,22,23)/b7-5-,18-11+. The Kier molecular flexibility index (Phi) is 6.76. The van der Waals surface area contributed by atoms with Crippen LogP contribution in [0.3, 0.4) is 0 Å². The monoisotopic (exact) mass is 342 g/mol. The largest absolute Gasteiger partial charge is 0.340 e. The van der Waals surface area contributed by atoms with Crippen LogP contribution in [0.15, 0.2) is 36.2 Å². The number of aryl methyl sites for hydroxylation is 1. The van der Waals surface area contributed by atoms with Gasteiger partial charge in [0.2, 0.25) is 0 Å². The molecule has 0 aromatic carbocycles. The fourth-order valence-corrected chi connectivity index (χ4v) is 3.12. The minimum absolute atomic E-state index is 0.0547. The Labute approximate surface area is 151 Å². The molecule has 5 nitrogen and oxygen atoms in total. The summed E-state index contributed by atoms with van der Waals surface area (Å²) in [5.41, 5.74) is 8.35. The van der Waals surface area contributed by atoms with E-state index < -0.39 is 0 Å². The van der Waals surface area contributed by atoms with Gasteiger partial charge in [-0.15, -0.1) is 0 Å². The molecule has 1 amide bonds. The van der Waals surface area contributed by atoms with Crippen LogP contribution in [0.1, 0.15) is 49.5 Å². The number of carbonyl (C=O) groups excluding carboxylic acids is 1. The van der Waals surface area contributed by atoms with Crippen LogP contribution in [0.4, 0.5) is 5.82 Å². The quantitative estimate of drug-likeness (QED) is 0.804. The first-order valence-electron chi connectivity index (χ1n) is 9.03. The highest BCUT2D eigenvalue weighted by molar-refractivity contribution is 5.94. The van der Waals surface area contributed by atoms with Gasteiger partial charge in [-0.05, 0) is 63.3 Å². The van der Waals surface area contributed by atoms with Crippen molar-refractivity contribution in [3.05, 3.63) is 47.3 Å². The van der Waals surface area contributed by atoms with Gasteiger partial charge in [0.1, 0.15) is 5.82 Å². The van der Waals surface area contributed by atoms with E-state index in [4.69, 9.17) is 5.73 Å². The molecule has 1 aromatic rings. The van der Waals surface area contributed by atoms with E-state index in [2.05, 4.69) is 17.2 Å². The lowest BCUT2D eigenvalue weighted by Crippen LogP contribution is -2.39. The van der Waals surface area contributed by atoms with E-state index in [0.717, 1.165) is 36.6 Å². The molecule has 2 atom stereocenters. The second-order valence-electron chi connectivity index (χ2n) is 6.99. The molecule has 0 spiro atoms. The summed E-state index contributed by atoms with van der Waals surface area (Å²) in [6.07, 6.45) is 9.79. The van der Waals surface area contributed by atoms with Crippen LogP contribution >= 0.6 is 0 Å². The van der Waals surface area contributed by atoms with Crippen molar-refractivity contribution in [3.63, 3.8) is 0 Å². The molecule has 0 radical (unpaired) electrons. The van der Waals surface area contributed by atoms with E-state index in [-0.39, 0.29) is 11.9 Å². The molecule has 5 heteroatoms. The Bertz CT molecular complexity index is 664. The van der Waals surface area contributed by atoms with Gasteiger partial charge in [-0.2, -0.15) is 0 Å². The molecule has 1 saturated heterocycles. The summed E-state index contributed by atoms with van der Waals surface area (Å²) < 4.78 is 0. The molecule has 0 aliphatic carbocycles. The lowest BCUT2D eigenvalue weighted by molar-refractivity contribution is 0.0682. The number of carbonyl (C=O) groups is 1. The van der Waals surface area contributed by atoms with Crippen molar-refractivity contribution in [1.29, 1.82) is 0 Å². The first kappa shape index (κ1) is 19.2. The number of rotatable bonds is 5.